The Morgan fingerprint density at radius 2 is 1.97 bits per heavy atom. The lowest BCUT2D eigenvalue weighted by Crippen LogP contribution is -2.39. The van der Waals surface area contributed by atoms with E-state index in [4.69, 9.17) is 11.6 Å². The Kier molecular flexibility index (Phi) is 7.87. The van der Waals surface area contributed by atoms with Gasteiger partial charge in [0, 0.05) is 51.0 Å². The van der Waals surface area contributed by atoms with Crippen molar-refractivity contribution in [1.29, 1.82) is 0 Å². The van der Waals surface area contributed by atoms with Crippen LogP contribution in [0.2, 0.25) is 5.02 Å². The van der Waals surface area contributed by atoms with E-state index in [9.17, 15) is 13.6 Å². The maximum Gasteiger partial charge on any atom is 0.257 e. The van der Waals surface area contributed by atoms with Gasteiger partial charge in [0.2, 0.25) is 5.95 Å². The maximum absolute atomic E-state index is 13.1. The molecule has 3 N–H and O–H groups in total. The average Bonchev–Trinajstić information content (AvgIpc) is 2.93. The van der Waals surface area contributed by atoms with Crippen LogP contribution < -0.4 is 20.3 Å². The lowest BCUT2D eigenvalue weighted by Gasteiger charge is -2.33. The average molecular weight is 507 g/mol. The summed E-state index contributed by atoms with van der Waals surface area (Å²) in [6, 6.07) is 5.69. The van der Waals surface area contributed by atoms with Crippen LogP contribution in [-0.2, 0) is 11.3 Å². The summed E-state index contributed by atoms with van der Waals surface area (Å²) in [5, 5.41) is 6.97. The molecular formula is C22H29ClN7O3S-. The van der Waals surface area contributed by atoms with Gasteiger partial charge in [-0.15, -0.1) is 0 Å². The maximum atomic E-state index is 13.1. The van der Waals surface area contributed by atoms with Gasteiger partial charge in [-0.1, -0.05) is 30.5 Å². The molecule has 1 aromatic heterocycles. The molecule has 1 fully saturated rings. The van der Waals surface area contributed by atoms with Crippen LogP contribution in [0.3, 0.4) is 0 Å². The summed E-state index contributed by atoms with van der Waals surface area (Å²) in [6.45, 7) is 1.73. The van der Waals surface area contributed by atoms with Gasteiger partial charge in [0.15, 0.2) is 5.82 Å². The van der Waals surface area contributed by atoms with E-state index in [1.807, 2.05) is 25.2 Å². The predicted octanol–water partition coefficient (Wildman–Crippen LogP) is 2.75. The molecule has 10 nitrogen and oxygen atoms in total. The topological polar surface area (TPSA) is 126 Å². The molecule has 1 saturated carbocycles. The van der Waals surface area contributed by atoms with Crippen molar-refractivity contribution in [1.82, 2.24) is 19.6 Å². The summed E-state index contributed by atoms with van der Waals surface area (Å²) >= 11 is 4.10. The number of hydrogen-bond donors (Lipinski definition) is 3. The van der Waals surface area contributed by atoms with Crippen molar-refractivity contribution in [3.63, 3.8) is 0 Å². The molecule has 1 amide bonds. The van der Waals surface area contributed by atoms with E-state index in [0.29, 0.717) is 41.1 Å². The number of hydrogen-bond acceptors (Lipinski definition) is 8. The van der Waals surface area contributed by atoms with Gasteiger partial charge in [0.25, 0.3) is 5.91 Å². The normalized spacial score (nSPS) is 21.6. The molecule has 2 aliphatic rings. The van der Waals surface area contributed by atoms with Crippen LogP contribution in [0.1, 0.15) is 36.0 Å². The number of aromatic nitrogens is 2. The van der Waals surface area contributed by atoms with Crippen LogP contribution in [-0.4, -0.2) is 69.3 Å². The van der Waals surface area contributed by atoms with Gasteiger partial charge < -0.3 is 25.0 Å². The lowest BCUT2D eigenvalue weighted by atomic mass is 9.84. The van der Waals surface area contributed by atoms with E-state index in [1.165, 1.54) is 6.20 Å². The first kappa shape index (κ1) is 24.6. The van der Waals surface area contributed by atoms with E-state index in [1.54, 1.807) is 11.9 Å². The Labute approximate surface area is 206 Å². The highest BCUT2D eigenvalue weighted by Gasteiger charge is 2.27. The van der Waals surface area contributed by atoms with Gasteiger partial charge in [0.05, 0.1) is 23.1 Å². The van der Waals surface area contributed by atoms with Crippen molar-refractivity contribution < 1.29 is 13.6 Å². The molecule has 1 aliphatic heterocycles. The second-order valence-electron chi connectivity index (χ2n) is 8.74. The number of nitrogens with one attached hydrogen (secondary N) is 3. The number of halogens is 1. The molecule has 4 rings (SSSR count). The zero-order chi connectivity index (χ0) is 24.2. The lowest BCUT2D eigenvalue weighted by molar-refractivity contribution is 0.0806. The minimum Gasteiger partial charge on any atom is -0.760 e. The molecule has 0 radical (unpaired) electrons. The Morgan fingerprint density at radius 3 is 2.76 bits per heavy atom. The fraction of sp³-hybridized carbons (Fsp3) is 0.500. The van der Waals surface area contributed by atoms with Crippen molar-refractivity contribution in [2.24, 2.45) is 5.92 Å². The molecule has 184 valence electrons. The Morgan fingerprint density at radius 1 is 1.21 bits per heavy atom. The number of likely N-dealkylation sites (N-methyl/N-ethyl adjacent to an activating group) is 2. The first-order chi connectivity index (χ1) is 16.3. The van der Waals surface area contributed by atoms with Crippen LogP contribution in [0.25, 0.3) is 0 Å². The van der Waals surface area contributed by atoms with Gasteiger partial charge in [0.1, 0.15) is 5.02 Å². The van der Waals surface area contributed by atoms with Crippen LogP contribution in [0, 0.1) is 5.92 Å². The van der Waals surface area contributed by atoms with Crippen LogP contribution in [0.4, 0.5) is 23.1 Å². The third-order valence-corrected chi connectivity index (χ3v) is 7.15. The highest BCUT2D eigenvalue weighted by Crippen LogP contribution is 2.33. The first-order valence-electron chi connectivity index (χ1n) is 11.3. The Bertz CT molecular complexity index is 1070. The van der Waals surface area contributed by atoms with Crippen molar-refractivity contribution in [2.45, 2.75) is 31.7 Å². The highest BCUT2D eigenvalue weighted by atomic mass is 35.5. The highest BCUT2D eigenvalue weighted by molar-refractivity contribution is 7.77. The number of carbonyl (C=O) groups is 1. The number of amides is 1. The minimum absolute atomic E-state index is 0.0296. The Balaban J connectivity index is 1.57. The third kappa shape index (κ3) is 5.60. The summed E-state index contributed by atoms with van der Waals surface area (Å²) in [6.07, 6.45) is 5.41. The van der Waals surface area contributed by atoms with E-state index in [2.05, 4.69) is 30.2 Å². The zero-order valence-electron chi connectivity index (χ0n) is 19.2. The zero-order valence-corrected chi connectivity index (χ0v) is 20.8. The number of fused-ring (bicyclic) bond motifs is 1. The molecule has 1 aromatic carbocycles. The predicted molar refractivity (Wildman–Crippen MR) is 133 cm³/mol. The number of carbonyl (C=O) groups excluding carboxylic acids is 1. The van der Waals surface area contributed by atoms with E-state index in [-0.39, 0.29) is 17.9 Å². The molecule has 0 spiro atoms. The van der Waals surface area contributed by atoms with Crippen molar-refractivity contribution >= 4 is 51.9 Å². The molecule has 2 aromatic rings. The van der Waals surface area contributed by atoms with E-state index in [0.717, 1.165) is 37.9 Å². The van der Waals surface area contributed by atoms with Gasteiger partial charge in [-0.05, 0) is 30.9 Å². The van der Waals surface area contributed by atoms with Crippen molar-refractivity contribution in [3.8, 4) is 0 Å². The fourth-order valence-electron chi connectivity index (χ4n) is 4.54. The quantitative estimate of drug-likeness (QED) is 0.489. The molecule has 1 aliphatic carbocycles. The molecule has 12 heteroatoms. The summed E-state index contributed by atoms with van der Waals surface area (Å²) < 4.78 is 24.4. The fourth-order valence-corrected chi connectivity index (χ4v) is 5.04. The second kappa shape index (κ2) is 10.9. The smallest absolute Gasteiger partial charge is 0.257 e. The van der Waals surface area contributed by atoms with Crippen molar-refractivity contribution in [2.75, 3.05) is 49.3 Å². The standard InChI is InChI=1S/C22H30ClN7O3S/c1-29-10-11-30(2)21(31)19-17(8-5-9-18(19)29)27-22-24-13-15(23)20(28-22)26-16-7-4-3-6-14(16)12-25-34(32)33/h5,8-9,13-14,16,25H,3-4,6-7,10-12H2,1-2H3,(H,32,33)(H2,24,26,27,28)/p-1/t14-,16-/m1/s1. The molecule has 2 heterocycles. The summed E-state index contributed by atoms with van der Waals surface area (Å²) in [5.74, 6) is 0.849. The van der Waals surface area contributed by atoms with Gasteiger partial charge in [-0.25, -0.2) is 9.71 Å². The summed E-state index contributed by atoms with van der Waals surface area (Å²) in [5.41, 5.74) is 2.04. The minimum atomic E-state index is -2.29. The molecular weight excluding hydrogens is 478 g/mol. The van der Waals surface area contributed by atoms with Gasteiger partial charge >= 0.3 is 0 Å². The second-order valence-corrected chi connectivity index (χ2v) is 9.91. The monoisotopic (exact) mass is 506 g/mol. The summed E-state index contributed by atoms with van der Waals surface area (Å²) in [7, 11) is 3.76. The SMILES string of the molecule is CN1CCN(C)c2cccc(Nc3ncc(Cl)c(N[C@@H]4CCCC[C@@H]4CNS(=O)[O-])n3)c2C1=O. The number of benzene rings is 1. The van der Waals surface area contributed by atoms with Crippen molar-refractivity contribution in [3.05, 3.63) is 35.0 Å². The van der Waals surface area contributed by atoms with Crippen LogP contribution in [0.5, 0.6) is 0 Å². The number of rotatable bonds is 7. The molecule has 1 unspecified atom stereocenters. The van der Waals surface area contributed by atoms with Gasteiger partial charge in [-0.3, -0.25) is 9.00 Å². The Hall–Kier alpha value is -2.47. The molecule has 0 saturated heterocycles. The molecule has 34 heavy (non-hydrogen) atoms. The first-order valence-corrected chi connectivity index (χ1v) is 12.8. The number of nitrogens with zero attached hydrogens (tertiary/aromatic N) is 4. The third-order valence-electron chi connectivity index (χ3n) is 6.47. The van der Waals surface area contributed by atoms with E-state index < -0.39 is 11.3 Å². The number of anilines is 4. The largest absolute Gasteiger partial charge is 0.760 e. The van der Waals surface area contributed by atoms with E-state index >= 15 is 0 Å². The van der Waals surface area contributed by atoms with Crippen LogP contribution >= 0.6 is 11.6 Å². The van der Waals surface area contributed by atoms with Crippen LogP contribution in [0.15, 0.2) is 24.4 Å². The summed E-state index contributed by atoms with van der Waals surface area (Å²) in [4.78, 5) is 25.7. The molecule has 3 atom stereocenters. The van der Waals surface area contributed by atoms with Gasteiger partial charge in [-0.2, -0.15) is 4.98 Å². The molecule has 0 bridgehead atoms.